The molecule has 1 fully saturated rings. The third-order valence-corrected chi connectivity index (χ3v) is 4.71. The molecule has 3 N–H and O–H groups in total. The van der Waals surface area contributed by atoms with Gasteiger partial charge in [0.2, 0.25) is 17.6 Å². The fourth-order valence-electron chi connectivity index (χ4n) is 3.00. The molecule has 26 heavy (non-hydrogen) atoms. The first-order valence-corrected chi connectivity index (χ1v) is 9.17. The number of nitro groups is 1. The average molecular weight is 366 g/mol. The molecule has 0 amide bonds. The number of piperazine rings is 1. The Morgan fingerprint density at radius 3 is 2.46 bits per heavy atom. The van der Waals surface area contributed by atoms with Gasteiger partial charge in [-0.3, -0.25) is 10.1 Å². The van der Waals surface area contributed by atoms with Gasteiger partial charge in [0, 0.05) is 32.7 Å². The highest BCUT2D eigenvalue weighted by Crippen LogP contribution is 2.32. The second kappa shape index (κ2) is 9.48. The van der Waals surface area contributed by atoms with Crippen molar-refractivity contribution < 1.29 is 4.92 Å². The van der Waals surface area contributed by atoms with Crippen LogP contribution in [0.3, 0.4) is 0 Å². The molecule has 10 heteroatoms. The van der Waals surface area contributed by atoms with Gasteiger partial charge in [0.15, 0.2) is 0 Å². The van der Waals surface area contributed by atoms with Gasteiger partial charge in [-0.05, 0) is 33.1 Å². The molecule has 0 saturated carbocycles. The Balaban J connectivity index is 2.09. The Labute approximate surface area is 154 Å². The number of likely N-dealkylation sites (N-methyl/N-ethyl adjacent to an activating group) is 1. The minimum atomic E-state index is -0.493. The summed E-state index contributed by atoms with van der Waals surface area (Å²) in [5, 5.41) is 14.6. The Morgan fingerprint density at radius 1 is 1.23 bits per heavy atom. The lowest BCUT2D eigenvalue weighted by Gasteiger charge is -2.32. The van der Waals surface area contributed by atoms with Crippen LogP contribution in [-0.4, -0.2) is 84.1 Å². The topological polar surface area (TPSA) is 117 Å². The van der Waals surface area contributed by atoms with Crippen LogP contribution in [0, 0.1) is 10.1 Å². The highest BCUT2D eigenvalue weighted by atomic mass is 16.6. The van der Waals surface area contributed by atoms with E-state index in [4.69, 9.17) is 5.73 Å². The Morgan fingerprint density at radius 2 is 1.88 bits per heavy atom. The van der Waals surface area contributed by atoms with Crippen LogP contribution >= 0.6 is 0 Å². The standard InChI is InChI=1S/C16H30N8O2/c1-4-22(5-2)8-6-7-18-16-19-14(17)13(24(25)26)15(20-16)23-11-9-21(3)10-12-23/h4-12H2,1-3H3,(H3,17,18,19,20). The van der Waals surface area contributed by atoms with Crippen molar-refractivity contribution in [1.29, 1.82) is 0 Å². The summed E-state index contributed by atoms with van der Waals surface area (Å²) in [7, 11) is 2.03. The Bertz CT molecular complexity index is 600. The zero-order valence-electron chi connectivity index (χ0n) is 15.9. The van der Waals surface area contributed by atoms with Gasteiger partial charge < -0.3 is 25.8 Å². The van der Waals surface area contributed by atoms with Crippen LogP contribution in [0.1, 0.15) is 20.3 Å². The molecule has 1 aliphatic heterocycles. The molecule has 1 aromatic heterocycles. The number of rotatable bonds is 9. The van der Waals surface area contributed by atoms with Crippen molar-refractivity contribution in [3.8, 4) is 0 Å². The fourth-order valence-corrected chi connectivity index (χ4v) is 3.00. The van der Waals surface area contributed by atoms with Crippen molar-refractivity contribution in [2.45, 2.75) is 20.3 Å². The van der Waals surface area contributed by atoms with Gasteiger partial charge in [-0.1, -0.05) is 13.8 Å². The molecule has 10 nitrogen and oxygen atoms in total. The van der Waals surface area contributed by atoms with E-state index in [2.05, 4.69) is 38.9 Å². The first-order valence-electron chi connectivity index (χ1n) is 9.17. The number of nitrogens with two attached hydrogens (primary N) is 1. The SMILES string of the molecule is CCN(CC)CCCNc1nc(N)c([N+](=O)[O-])c(N2CCN(C)CC2)n1. The number of aromatic nitrogens is 2. The number of hydrogen-bond acceptors (Lipinski definition) is 9. The smallest absolute Gasteiger partial charge is 0.353 e. The fraction of sp³-hybridized carbons (Fsp3) is 0.750. The number of nitrogen functional groups attached to an aromatic ring is 1. The lowest BCUT2D eigenvalue weighted by molar-refractivity contribution is -0.383. The van der Waals surface area contributed by atoms with Crippen LogP contribution in [0.25, 0.3) is 0 Å². The predicted molar refractivity (Wildman–Crippen MR) is 104 cm³/mol. The van der Waals surface area contributed by atoms with Crippen molar-refractivity contribution >= 4 is 23.3 Å². The molecular formula is C16H30N8O2. The molecule has 0 unspecified atom stereocenters. The van der Waals surface area contributed by atoms with E-state index in [0.717, 1.165) is 39.1 Å². The van der Waals surface area contributed by atoms with Crippen molar-refractivity contribution in [2.24, 2.45) is 0 Å². The molecule has 2 heterocycles. The number of nitrogens with one attached hydrogen (secondary N) is 1. The normalized spacial score (nSPS) is 15.5. The van der Waals surface area contributed by atoms with E-state index >= 15 is 0 Å². The predicted octanol–water partition coefficient (Wildman–Crippen LogP) is 0.863. The zero-order valence-corrected chi connectivity index (χ0v) is 15.9. The summed E-state index contributed by atoms with van der Waals surface area (Å²) in [5.41, 5.74) is 5.67. The summed E-state index contributed by atoms with van der Waals surface area (Å²) < 4.78 is 0. The summed E-state index contributed by atoms with van der Waals surface area (Å²) in [4.78, 5) is 25.9. The van der Waals surface area contributed by atoms with Gasteiger partial charge in [0.25, 0.3) is 0 Å². The van der Waals surface area contributed by atoms with Gasteiger partial charge in [-0.2, -0.15) is 9.97 Å². The molecule has 1 aromatic rings. The van der Waals surface area contributed by atoms with Crippen molar-refractivity contribution in [3.63, 3.8) is 0 Å². The van der Waals surface area contributed by atoms with Crippen LogP contribution < -0.4 is 16.0 Å². The third kappa shape index (κ3) is 5.15. The molecule has 0 radical (unpaired) electrons. The molecule has 0 atom stereocenters. The quantitative estimate of drug-likeness (QED) is 0.373. The van der Waals surface area contributed by atoms with Crippen molar-refractivity contribution in [2.75, 3.05) is 75.4 Å². The molecule has 146 valence electrons. The lowest BCUT2D eigenvalue weighted by Crippen LogP contribution is -2.45. The lowest BCUT2D eigenvalue weighted by atomic mass is 10.3. The first-order chi connectivity index (χ1) is 12.5. The maximum Gasteiger partial charge on any atom is 0.353 e. The molecule has 0 spiro atoms. The summed E-state index contributed by atoms with van der Waals surface area (Å²) in [5.74, 6) is 0.564. The largest absolute Gasteiger partial charge is 0.378 e. The van der Waals surface area contributed by atoms with Gasteiger partial charge in [-0.25, -0.2) is 0 Å². The summed E-state index contributed by atoms with van der Waals surface area (Å²) in [6.45, 7) is 11.0. The van der Waals surface area contributed by atoms with Crippen LogP contribution in [0.2, 0.25) is 0 Å². The highest BCUT2D eigenvalue weighted by Gasteiger charge is 2.28. The molecule has 2 rings (SSSR count). The second-order valence-corrected chi connectivity index (χ2v) is 6.46. The highest BCUT2D eigenvalue weighted by molar-refractivity contribution is 5.71. The van der Waals surface area contributed by atoms with Crippen molar-refractivity contribution in [3.05, 3.63) is 10.1 Å². The van der Waals surface area contributed by atoms with Gasteiger partial charge in [-0.15, -0.1) is 0 Å². The Kier molecular flexibility index (Phi) is 7.34. The molecule has 0 aliphatic carbocycles. The van der Waals surface area contributed by atoms with E-state index in [-0.39, 0.29) is 11.5 Å². The summed E-state index contributed by atoms with van der Waals surface area (Å²) in [6, 6.07) is 0. The van der Waals surface area contributed by atoms with Gasteiger partial charge >= 0.3 is 5.69 Å². The summed E-state index contributed by atoms with van der Waals surface area (Å²) in [6.07, 6.45) is 0.936. The van der Waals surface area contributed by atoms with E-state index in [0.29, 0.717) is 31.4 Å². The maximum absolute atomic E-state index is 11.4. The van der Waals surface area contributed by atoms with E-state index in [1.165, 1.54) is 0 Å². The minimum absolute atomic E-state index is 0.0924. The third-order valence-electron chi connectivity index (χ3n) is 4.71. The second-order valence-electron chi connectivity index (χ2n) is 6.46. The van der Waals surface area contributed by atoms with Gasteiger partial charge in [0.1, 0.15) is 0 Å². The average Bonchev–Trinajstić information content (AvgIpc) is 2.61. The number of hydrogen-bond donors (Lipinski definition) is 2. The van der Waals surface area contributed by atoms with E-state index in [1.807, 2.05) is 11.9 Å². The molecule has 0 aromatic carbocycles. The Hall–Kier alpha value is -2.20. The van der Waals surface area contributed by atoms with Crippen LogP contribution in [0.15, 0.2) is 0 Å². The summed E-state index contributed by atoms with van der Waals surface area (Å²) >= 11 is 0. The van der Waals surface area contributed by atoms with E-state index < -0.39 is 4.92 Å². The van der Waals surface area contributed by atoms with E-state index in [1.54, 1.807) is 0 Å². The van der Waals surface area contributed by atoms with Crippen molar-refractivity contribution in [1.82, 2.24) is 19.8 Å². The van der Waals surface area contributed by atoms with Gasteiger partial charge in [0.05, 0.1) is 4.92 Å². The van der Waals surface area contributed by atoms with Crippen LogP contribution in [0.5, 0.6) is 0 Å². The molecule has 1 saturated heterocycles. The first kappa shape index (κ1) is 20.1. The molecule has 1 aliphatic rings. The monoisotopic (exact) mass is 366 g/mol. The van der Waals surface area contributed by atoms with E-state index in [9.17, 15) is 10.1 Å². The number of anilines is 3. The maximum atomic E-state index is 11.4. The number of nitrogens with zero attached hydrogens (tertiary/aromatic N) is 6. The molecule has 0 bridgehead atoms. The van der Waals surface area contributed by atoms with Crippen LogP contribution in [0.4, 0.5) is 23.3 Å². The van der Waals surface area contributed by atoms with Crippen LogP contribution in [-0.2, 0) is 0 Å². The molecular weight excluding hydrogens is 336 g/mol. The zero-order chi connectivity index (χ0) is 19.1. The minimum Gasteiger partial charge on any atom is -0.378 e.